The highest BCUT2D eigenvalue weighted by atomic mass is 16.5. The molecule has 0 N–H and O–H groups in total. The van der Waals surface area contributed by atoms with E-state index in [4.69, 9.17) is 9.47 Å². The van der Waals surface area contributed by atoms with Crippen molar-refractivity contribution in [3.63, 3.8) is 0 Å². The summed E-state index contributed by atoms with van der Waals surface area (Å²) in [5, 5.41) is 0. The average Bonchev–Trinajstić information content (AvgIpc) is 2.76. The number of hydrogen-bond donors (Lipinski definition) is 0. The molecule has 0 atom stereocenters. The smallest absolute Gasteiger partial charge is 0.260 e. The number of hydrogen-bond acceptors (Lipinski definition) is 2. The third-order valence-electron chi connectivity index (χ3n) is 6.16. The molecule has 5 rings (SSSR count). The van der Waals surface area contributed by atoms with E-state index < -0.39 is 0 Å². The van der Waals surface area contributed by atoms with Crippen LogP contribution < -0.4 is 25.9 Å². The van der Waals surface area contributed by atoms with Crippen molar-refractivity contribution in [3.8, 4) is 23.0 Å². The van der Waals surface area contributed by atoms with E-state index in [2.05, 4.69) is 62.4 Å². The highest BCUT2D eigenvalue weighted by Crippen LogP contribution is 2.34. The van der Waals surface area contributed by atoms with Gasteiger partial charge in [-0.2, -0.15) is 0 Å². The summed E-state index contributed by atoms with van der Waals surface area (Å²) in [4.78, 5) is 0. The molecule has 0 saturated carbocycles. The van der Waals surface area contributed by atoms with E-state index in [-0.39, 0.29) is 6.71 Å². The lowest BCUT2D eigenvalue weighted by Crippen LogP contribution is -2.57. The zero-order valence-corrected chi connectivity index (χ0v) is 17.3. The summed E-state index contributed by atoms with van der Waals surface area (Å²) in [6.45, 7) is 4.67. The molecule has 0 bridgehead atoms. The lowest BCUT2D eigenvalue weighted by atomic mass is 9.34. The van der Waals surface area contributed by atoms with Crippen molar-refractivity contribution >= 4 is 23.1 Å². The highest BCUT2D eigenvalue weighted by molar-refractivity contribution is 6.98. The Morgan fingerprint density at radius 2 is 1.17 bits per heavy atom. The fourth-order valence-corrected chi connectivity index (χ4v) is 4.61. The first-order chi connectivity index (χ1) is 14.3. The summed E-state index contributed by atoms with van der Waals surface area (Å²) >= 11 is 0. The summed E-state index contributed by atoms with van der Waals surface area (Å²) in [5.74, 6) is 3.80. The van der Waals surface area contributed by atoms with Crippen LogP contribution >= 0.6 is 0 Å². The molecule has 3 aromatic carbocycles. The molecule has 146 valence electrons. The van der Waals surface area contributed by atoms with Crippen molar-refractivity contribution in [3.05, 3.63) is 65.7 Å². The Hall–Kier alpha value is -2.68. The van der Waals surface area contributed by atoms with E-state index >= 15 is 0 Å². The molecule has 0 radical (unpaired) electrons. The van der Waals surface area contributed by atoms with Crippen LogP contribution in [-0.2, 0) is 12.8 Å². The van der Waals surface area contributed by atoms with Crippen LogP contribution in [0.5, 0.6) is 23.0 Å². The third-order valence-corrected chi connectivity index (χ3v) is 6.16. The number of rotatable bonds is 6. The molecule has 0 amide bonds. The van der Waals surface area contributed by atoms with Crippen LogP contribution in [0.25, 0.3) is 0 Å². The van der Waals surface area contributed by atoms with E-state index in [1.54, 1.807) is 0 Å². The molecule has 0 aliphatic carbocycles. The molecule has 29 heavy (non-hydrogen) atoms. The summed E-state index contributed by atoms with van der Waals surface area (Å²) in [6, 6.07) is 19.6. The predicted molar refractivity (Wildman–Crippen MR) is 121 cm³/mol. The molecule has 3 heteroatoms. The number of fused-ring (bicyclic) bond motifs is 4. The first-order valence-electron chi connectivity index (χ1n) is 11.0. The molecule has 2 nitrogen and oxygen atoms in total. The Balaban J connectivity index is 1.66. The summed E-state index contributed by atoms with van der Waals surface area (Å²) in [5.41, 5.74) is 6.51. The maximum Gasteiger partial charge on any atom is 0.260 e. The Labute approximate surface area is 174 Å². The number of benzene rings is 3. The predicted octanol–water partition coefficient (Wildman–Crippen LogP) is 5.10. The van der Waals surface area contributed by atoms with Gasteiger partial charge in [0.2, 0.25) is 0 Å². The van der Waals surface area contributed by atoms with Crippen LogP contribution in [0, 0.1) is 0 Å². The summed E-state index contributed by atoms with van der Waals surface area (Å²) in [6.07, 6.45) is 7.08. The Morgan fingerprint density at radius 3 is 1.66 bits per heavy atom. The van der Waals surface area contributed by atoms with Gasteiger partial charge in [-0.25, -0.2) is 0 Å². The molecule has 0 aromatic heterocycles. The Morgan fingerprint density at radius 1 is 0.655 bits per heavy atom. The zero-order valence-electron chi connectivity index (χ0n) is 17.3. The maximum absolute atomic E-state index is 6.31. The van der Waals surface area contributed by atoms with E-state index in [1.807, 2.05) is 6.07 Å². The third kappa shape index (κ3) is 3.23. The molecule has 2 heterocycles. The number of unbranched alkanes of at least 4 members (excludes halogenated alkanes) is 2. The zero-order chi connectivity index (χ0) is 19.8. The molecule has 0 saturated heterocycles. The molecular weight excluding hydrogens is 355 g/mol. The van der Waals surface area contributed by atoms with Crippen molar-refractivity contribution < 1.29 is 9.47 Å². The highest BCUT2D eigenvalue weighted by Gasteiger charge is 2.40. The van der Waals surface area contributed by atoms with Gasteiger partial charge in [0, 0.05) is 5.46 Å². The van der Waals surface area contributed by atoms with E-state index in [9.17, 15) is 0 Å². The van der Waals surface area contributed by atoms with Gasteiger partial charge >= 0.3 is 0 Å². The van der Waals surface area contributed by atoms with E-state index in [1.165, 1.54) is 53.2 Å². The van der Waals surface area contributed by atoms with Gasteiger partial charge in [0.25, 0.3) is 6.71 Å². The second-order valence-electron chi connectivity index (χ2n) is 8.26. The second kappa shape index (κ2) is 7.63. The quantitative estimate of drug-likeness (QED) is 0.381. The minimum absolute atomic E-state index is 0.178. The standard InChI is InChI=1S/C26H27BO2/c1-3-5-8-18-12-14-22-20(16-18)27-21-17-19(9-6-4-2)13-15-23(21)29-25-11-7-10-24(28-22)26(25)27/h7,10-17H,3-6,8-9H2,1-2H3. The Bertz CT molecular complexity index is 977. The minimum Gasteiger partial charge on any atom is -0.458 e. The van der Waals surface area contributed by atoms with Gasteiger partial charge in [-0.3, -0.25) is 0 Å². The summed E-state index contributed by atoms with van der Waals surface area (Å²) in [7, 11) is 0. The number of aryl methyl sites for hydroxylation is 2. The largest absolute Gasteiger partial charge is 0.458 e. The first-order valence-corrected chi connectivity index (χ1v) is 11.0. The molecule has 3 aromatic rings. The van der Waals surface area contributed by atoms with Gasteiger partial charge in [0.05, 0.1) is 0 Å². The first kappa shape index (κ1) is 18.4. The molecule has 0 unspecified atom stereocenters. The lowest BCUT2D eigenvalue weighted by Gasteiger charge is -2.33. The van der Waals surface area contributed by atoms with Crippen molar-refractivity contribution in [2.45, 2.75) is 52.4 Å². The molecule has 0 fully saturated rings. The second-order valence-corrected chi connectivity index (χ2v) is 8.26. The van der Waals surface area contributed by atoms with Gasteiger partial charge in [-0.1, -0.05) is 57.0 Å². The van der Waals surface area contributed by atoms with E-state index in [0.29, 0.717) is 0 Å². The van der Waals surface area contributed by atoms with Gasteiger partial charge in [-0.05, 0) is 72.0 Å². The van der Waals surface area contributed by atoms with Crippen LogP contribution in [0.3, 0.4) is 0 Å². The molecule has 2 aliphatic rings. The molecule has 2 aliphatic heterocycles. The van der Waals surface area contributed by atoms with Gasteiger partial charge in [-0.15, -0.1) is 0 Å². The maximum atomic E-state index is 6.31. The minimum atomic E-state index is 0.178. The van der Waals surface area contributed by atoms with Crippen LogP contribution in [-0.4, -0.2) is 6.71 Å². The van der Waals surface area contributed by atoms with E-state index in [0.717, 1.165) is 35.8 Å². The Kier molecular flexibility index (Phi) is 4.83. The van der Waals surface area contributed by atoms with Crippen molar-refractivity contribution in [2.24, 2.45) is 0 Å². The fourth-order valence-electron chi connectivity index (χ4n) is 4.61. The summed E-state index contributed by atoms with van der Waals surface area (Å²) < 4.78 is 12.6. The van der Waals surface area contributed by atoms with Crippen molar-refractivity contribution in [2.75, 3.05) is 0 Å². The topological polar surface area (TPSA) is 18.5 Å². The van der Waals surface area contributed by atoms with Gasteiger partial charge in [0.1, 0.15) is 23.0 Å². The van der Waals surface area contributed by atoms with Crippen LogP contribution in [0.4, 0.5) is 0 Å². The lowest BCUT2D eigenvalue weighted by molar-refractivity contribution is 0.464. The number of ether oxygens (including phenoxy) is 2. The molecular formula is C26H27BO2. The fraction of sp³-hybridized carbons (Fsp3) is 0.308. The monoisotopic (exact) mass is 382 g/mol. The van der Waals surface area contributed by atoms with Crippen LogP contribution in [0.15, 0.2) is 54.6 Å². The normalized spacial score (nSPS) is 13.1. The van der Waals surface area contributed by atoms with Crippen LogP contribution in [0.1, 0.15) is 50.7 Å². The average molecular weight is 382 g/mol. The van der Waals surface area contributed by atoms with Crippen molar-refractivity contribution in [1.82, 2.24) is 0 Å². The van der Waals surface area contributed by atoms with Crippen LogP contribution in [0.2, 0.25) is 0 Å². The van der Waals surface area contributed by atoms with Crippen molar-refractivity contribution in [1.29, 1.82) is 0 Å². The molecule has 0 spiro atoms. The van der Waals surface area contributed by atoms with Gasteiger partial charge < -0.3 is 9.47 Å². The van der Waals surface area contributed by atoms with Gasteiger partial charge in [0.15, 0.2) is 0 Å². The SMILES string of the molecule is CCCCc1ccc2c(c1)B1c3cc(CCCC)ccc3Oc3cccc(c31)O2.